The molecule has 98 valence electrons. The first-order chi connectivity index (χ1) is 9.04. The van der Waals surface area contributed by atoms with Gasteiger partial charge in [0.15, 0.2) is 4.77 Å². The third kappa shape index (κ3) is 3.49. The number of rotatable bonds is 4. The predicted molar refractivity (Wildman–Crippen MR) is 72.7 cm³/mol. The molecule has 0 fully saturated rings. The van der Waals surface area contributed by atoms with Gasteiger partial charge in [-0.15, -0.1) is 0 Å². The Labute approximate surface area is 112 Å². The summed E-state index contributed by atoms with van der Waals surface area (Å²) in [4.78, 5) is 26.4. The maximum Gasteiger partial charge on any atom is 0.269 e. The standard InChI is InChI=1S/C11H10N4O3S/c16-10-5-9(13-11(19)14-10)12-6-7-1-3-8(4-2-7)15(17)18/h1-5H,6H2,(H3,12,13,14,16,19). The van der Waals surface area contributed by atoms with Crippen molar-refractivity contribution < 1.29 is 4.92 Å². The lowest BCUT2D eigenvalue weighted by atomic mass is 10.2. The Bertz CT molecular complexity index is 677. The van der Waals surface area contributed by atoms with E-state index < -0.39 is 4.92 Å². The van der Waals surface area contributed by atoms with Crippen LogP contribution in [0.2, 0.25) is 0 Å². The van der Waals surface area contributed by atoms with Crippen LogP contribution in [0.1, 0.15) is 5.56 Å². The minimum Gasteiger partial charge on any atom is -0.367 e. The van der Waals surface area contributed by atoms with E-state index in [9.17, 15) is 14.9 Å². The predicted octanol–water partition coefficient (Wildman–Crippen LogP) is 1.95. The molecule has 7 nitrogen and oxygen atoms in total. The molecule has 0 spiro atoms. The number of H-pyrrole nitrogens is 2. The second-order valence-electron chi connectivity index (χ2n) is 3.78. The molecule has 0 bridgehead atoms. The molecule has 0 atom stereocenters. The fourth-order valence-corrected chi connectivity index (χ4v) is 1.71. The van der Waals surface area contributed by atoms with Crippen LogP contribution in [0.3, 0.4) is 0 Å². The number of non-ortho nitro benzene ring substituents is 1. The maximum atomic E-state index is 11.2. The highest BCUT2D eigenvalue weighted by Gasteiger charge is 2.03. The van der Waals surface area contributed by atoms with Crippen LogP contribution in [-0.4, -0.2) is 14.9 Å². The molecule has 0 aliphatic heterocycles. The van der Waals surface area contributed by atoms with E-state index in [4.69, 9.17) is 12.2 Å². The fourth-order valence-electron chi connectivity index (χ4n) is 1.50. The molecule has 0 aliphatic rings. The summed E-state index contributed by atoms with van der Waals surface area (Å²) in [6, 6.07) is 7.50. The number of nitrogens with zero attached hydrogens (tertiary/aromatic N) is 1. The number of nitro benzene ring substituents is 1. The van der Waals surface area contributed by atoms with E-state index in [2.05, 4.69) is 15.3 Å². The van der Waals surface area contributed by atoms with Crippen molar-refractivity contribution in [1.29, 1.82) is 0 Å². The van der Waals surface area contributed by atoms with E-state index in [-0.39, 0.29) is 16.0 Å². The first kappa shape index (κ1) is 13.0. The summed E-state index contributed by atoms with van der Waals surface area (Å²) < 4.78 is 0.235. The van der Waals surface area contributed by atoms with Crippen LogP contribution in [0.4, 0.5) is 11.5 Å². The smallest absolute Gasteiger partial charge is 0.269 e. The van der Waals surface area contributed by atoms with Gasteiger partial charge in [0.1, 0.15) is 5.82 Å². The monoisotopic (exact) mass is 278 g/mol. The first-order valence-electron chi connectivity index (χ1n) is 5.35. The third-order valence-electron chi connectivity index (χ3n) is 2.39. The molecule has 0 saturated heterocycles. The lowest BCUT2D eigenvalue weighted by Crippen LogP contribution is -2.10. The van der Waals surface area contributed by atoms with Crippen molar-refractivity contribution in [2.75, 3.05) is 5.32 Å². The molecular formula is C11H10N4O3S. The molecule has 3 N–H and O–H groups in total. The molecule has 0 amide bonds. The zero-order valence-electron chi connectivity index (χ0n) is 9.67. The van der Waals surface area contributed by atoms with Gasteiger partial charge < -0.3 is 10.3 Å². The molecule has 0 saturated carbocycles. The molecule has 0 aliphatic carbocycles. The highest BCUT2D eigenvalue weighted by atomic mass is 32.1. The van der Waals surface area contributed by atoms with Crippen LogP contribution in [0.15, 0.2) is 35.1 Å². The quantitative estimate of drug-likeness (QED) is 0.450. The number of anilines is 1. The van der Waals surface area contributed by atoms with Crippen LogP contribution >= 0.6 is 12.2 Å². The summed E-state index contributed by atoms with van der Waals surface area (Å²) >= 11 is 4.84. The normalized spacial score (nSPS) is 10.1. The summed E-state index contributed by atoms with van der Waals surface area (Å²) in [7, 11) is 0. The van der Waals surface area contributed by atoms with Crippen molar-refractivity contribution in [3.05, 3.63) is 61.1 Å². The van der Waals surface area contributed by atoms with Crippen LogP contribution in [-0.2, 0) is 6.54 Å². The molecule has 1 heterocycles. The molecule has 8 heteroatoms. The topological polar surface area (TPSA) is 104 Å². The van der Waals surface area contributed by atoms with E-state index >= 15 is 0 Å². The van der Waals surface area contributed by atoms with E-state index in [0.29, 0.717) is 12.4 Å². The Kier molecular flexibility index (Phi) is 3.71. The second-order valence-corrected chi connectivity index (χ2v) is 4.19. The lowest BCUT2D eigenvalue weighted by Gasteiger charge is -2.05. The Hall–Kier alpha value is -2.48. The van der Waals surface area contributed by atoms with Crippen molar-refractivity contribution in [3.8, 4) is 0 Å². The van der Waals surface area contributed by atoms with Gasteiger partial charge >= 0.3 is 0 Å². The van der Waals surface area contributed by atoms with Crippen LogP contribution < -0.4 is 10.9 Å². The van der Waals surface area contributed by atoms with Crippen molar-refractivity contribution in [1.82, 2.24) is 9.97 Å². The molecule has 19 heavy (non-hydrogen) atoms. The van der Waals surface area contributed by atoms with Gasteiger partial charge in [0.25, 0.3) is 11.2 Å². The van der Waals surface area contributed by atoms with E-state index in [1.807, 2.05) is 0 Å². The Morgan fingerprint density at radius 2 is 1.95 bits per heavy atom. The van der Waals surface area contributed by atoms with E-state index in [1.54, 1.807) is 12.1 Å². The summed E-state index contributed by atoms with van der Waals surface area (Å²) in [6.07, 6.45) is 0. The molecule has 0 unspecified atom stereocenters. The zero-order valence-corrected chi connectivity index (χ0v) is 10.5. The van der Waals surface area contributed by atoms with Crippen molar-refractivity contribution >= 4 is 23.7 Å². The number of nitrogens with one attached hydrogen (secondary N) is 3. The number of nitro groups is 1. The Morgan fingerprint density at radius 1 is 1.26 bits per heavy atom. The van der Waals surface area contributed by atoms with Gasteiger partial charge in [0.2, 0.25) is 0 Å². The first-order valence-corrected chi connectivity index (χ1v) is 5.76. The molecule has 2 aromatic rings. The molecule has 1 aromatic carbocycles. The zero-order chi connectivity index (χ0) is 13.8. The van der Waals surface area contributed by atoms with Gasteiger partial charge in [-0.1, -0.05) is 12.1 Å². The van der Waals surface area contributed by atoms with E-state index in [1.165, 1.54) is 18.2 Å². The van der Waals surface area contributed by atoms with Crippen LogP contribution in [0.5, 0.6) is 0 Å². The third-order valence-corrected chi connectivity index (χ3v) is 2.59. The van der Waals surface area contributed by atoms with Gasteiger partial charge in [0.05, 0.1) is 4.92 Å². The van der Waals surface area contributed by atoms with Crippen LogP contribution in [0.25, 0.3) is 0 Å². The molecule has 1 aromatic heterocycles. The summed E-state index contributed by atoms with van der Waals surface area (Å²) in [6.45, 7) is 0.423. The van der Waals surface area contributed by atoms with Crippen molar-refractivity contribution in [3.63, 3.8) is 0 Å². The minimum absolute atomic E-state index is 0.0410. The maximum absolute atomic E-state index is 11.2. The van der Waals surface area contributed by atoms with Crippen LogP contribution in [0, 0.1) is 14.9 Å². The largest absolute Gasteiger partial charge is 0.367 e. The second kappa shape index (κ2) is 5.44. The number of aromatic amines is 2. The SMILES string of the molecule is O=c1cc(NCc2ccc([N+](=O)[O-])cc2)[nH]c(=S)[nH]1. The number of benzene rings is 1. The van der Waals surface area contributed by atoms with Gasteiger partial charge in [-0.3, -0.25) is 19.9 Å². The lowest BCUT2D eigenvalue weighted by molar-refractivity contribution is -0.384. The number of hydrogen-bond acceptors (Lipinski definition) is 5. The molecule has 0 radical (unpaired) electrons. The number of hydrogen-bond donors (Lipinski definition) is 3. The van der Waals surface area contributed by atoms with Gasteiger partial charge in [-0.05, 0) is 17.8 Å². The van der Waals surface area contributed by atoms with Gasteiger partial charge in [-0.25, -0.2) is 0 Å². The minimum atomic E-state index is -0.453. The average molecular weight is 278 g/mol. The van der Waals surface area contributed by atoms with Gasteiger partial charge in [0, 0.05) is 24.7 Å². The summed E-state index contributed by atoms with van der Waals surface area (Å²) in [5, 5.41) is 13.5. The van der Waals surface area contributed by atoms with Crippen molar-refractivity contribution in [2.45, 2.75) is 6.54 Å². The average Bonchev–Trinajstić information content (AvgIpc) is 2.36. The molecule has 2 rings (SSSR count). The highest BCUT2D eigenvalue weighted by molar-refractivity contribution is 7.71. The highest BCUT2D eigenvalue weighted by Crippen LogP contribution is 2.12. The summed E-state index contributed by atoms with van der Waals surface area (Å²) in [5.41, 5.74) is 0.597. The fraction of sp³-hybridized carbons (Fsp3) is 0.0909. The molecular weight excluding hydrogens is 268 g/mol. The number of aromatic nitrogens is 2. The van der Waals surface area contributed by atoms with E-state index in [0.717, 1.165) is 5.56 Å². The van der Waals surface area contributed by atoms with Gasteiger partial charge in [-0.2, -0.15) is 0 Å². The Morgan fingerprint density at radius 3 is 2.53 bits per heavy atom. The Balaban J connectivity index is 2.08. The summed E-state index contributed by atoms with van der Waals surface area (Å²) in [5.74, 6) is 0.493. The van der Waals surface area contributed by atoms with Crippen molar-refractivity contribution in [2.24, 2.45) is 0 Å².